The van der Waals surface area contributed by atoms with E-state index >= 15 is 0 Å². The van der Waals surface area contributed by atoms with E-state index in [0.29, 0.717) is 11.5 Å². The Morgan fingerprint density at radius 1 is 1.24 bits per heavy atom. The zero-order chi connectivity index (χ0) is 20.0. The van der Waals surface area contributed by atoms with Gasteiger partial charge in [-0.2, -0.15) is 0 Å². The highest BCUT2D eigenvalue weighted by atomic mass is 32.1. The predicted octanol–water partition coefficient (Wildman–Crippen LogP) is 4.20. The molecule has 0 atom stereocenters. The molecule has 8 heteroatoms. The number of rotatable bonds is 3. The van der Waals surface area contributed by atoms with Crippen LogP contribution in [0, 0.1) is 11.7 Å². The summed E-state index contributed by atoms with van der Waals surface area (Å²) >= 11 is 1.52. The van der Waals surface area contributed by atoms with Gasteiger partial charge in [0.05, 0.1) is 29.2 Å². The second kappa shape index (κ2) is 7.27. The van der Waals surface area contributed by atoms with Crippen LogP contribution < -0.4 is 0 Å². The number of hydrogen-bond acceptors (Lipinski definition) is 6. The Morgan fingerprint density at radius 2 is 2.03 bits per heavy atom. The van der Waals surface area contributed by atoms with Crippen LogP contribution >= 0.6 is 11.3 Å². The van der Waals surface area contributed by atoms with Gasteiger partial charge in [-0.1, -0.05) is 6.07 Å². The molecule has 0 unspecified atom stereocenters. The van der Waals surface area contributed by atoms with Crippen LogP contribution in [0.3, 0.4) is 0 Å². The number of piperidine rings is 3. The van der Waals surface area contributed by atoms with Crippen molar-refractivity contribution in [2.75, 3.05) is 26.7 Å². The molecule has 2 aromatic rings. The largest absolute Gasteiger partial charge is 0.465 e. The summed E-state index contributed by atoms with van der Waals surface area (Å²) in [5.41, 5.74) is 2.80. The topological polar surface area (TPSA) is 57.3 Å². The minimum Gasteiger partial charge on any atom is -0.465 e. The summed E-state index contributed by atoms with van der Waals surface area (Å²) < 4.78 is 20.8. The molecule has 29 heavy (non-hydrogen) atoms. The molecule has 0 spiro atoms. The number of thiophene rings is 1. The molecule has 3 fully saturated rings. The average Bonchev–Trinajstić information content (AvgIpc) is 3.44. The number of carbonyl (C=O) groups excluding carboxylic acids is 1. The lowest BCUT2D eigenvalue weighted by Gasteiger charge is -2.38. The molecule has 1 aromatic carbocycles. The third-order valence-corrected chi connectivity index (χ3v) is 6.91. The molecule has 6 nitrogen and oxygen atoms in total. The van der Waals surface area contributed by atoms with Gasteiger partial charge in [-0.15, -0.1) is 16.0 Å². The lowest BCUT2D eigenvalue weighted by atomic mass is 9.86. The summed E-state index contributed by atoms with van der Waals surface area (Å²) in [6.45, 7) is 3.32. The average molecular weight is 411 g/mol. The highest BCUT2D eigenvalue weighted by Gasteiger charge is 2.36. The molecular weight excluding hydrogens is 391 g/mol. The van der Waals surface area contributed by atoms with Crippen LogP contribution in [0.25, 0.3) is 16.1 Å². The minimum absolute atomic E-state index is 0.0643. The summed E-state index contributed by atoms with van der Waals surface area (Å²) in [4.78, 5) is 15.9. The van der Waals surface area contributed by atoms with E-state index in [4.69, 9.17) is 0 Å². The smallest absolute Gasteiger partial charge is 0.340 e. The van der Waals surface area contributed by atoms with Gasteiger partial charge in [-0.05, 0) is 55.8 Å². The van der Waals surface area contributed by atoms with E-state index in [2.05, 4.69) is 20.0 Å². The number of ether oxygens (including phenoxy) is 1. The van der Waals surface area contributed by atoms with Gasteiger partial charge in [-0.25, -0.2) is 9.18 Å². The molecule has 6 rings (SSSR count). The fourth-order valence-electron chi connectivity index (χ4n) is 4.13. The molecule has 148 valence electrons. The van der Waals surface area contributed by atoms with Crippen LogP contribution in [0.1, 0.15) is 28.1 Å². The van der Waals surface area contributed by atoms with E-state index < -0.39 is 11.8 Å². The first-order valence-corrected chi connectivity index (χ1v) is 10.4. The van der Waals surface area contributed by atoms with Crippen LogP contribution in [0.15, 0.2) is 46.9 Å². The van der Waals surface area contributed by atoms with Gasteiger partial charge in [0.15, 0.2) is 6.20 Å². The normalized spacial score (nSPS) is 25.4. The molecule has 0 saturated carbocycles. The standard InChI is InChI=1S/C21H20FN4O2S/c1-28-21(27)15-3-2-14(10-16(15)22)19-4-5-20(29-19)17-11-26(24-23-17)18-12-25-8-6-13(18)7-9-25/h2-5,10-11,13H,6-9,12H2,1H3/q+1. The summed E-state index contributed by atoms with van der Waals surface area (Å²) in [5.74, 6) is -0.665. The Hall–Kier alpha value is -2.71. The zero-order valence-electron chi connectivity index (χ0n) is 16.0. The molecule has 3 saturated heterocycles. The van der Waals surface area contributed by atoms with Crippen LogP contribution in [0.5, 0.6) is 0 Å². The fourth-order valence-corrected chi connectivity index (χ4v) is 5.09. The van der Waals surface area contributed by atoms with E-state index in [-0.39, 0.29) is 5.56 Å². The number of benzene rings is 1. The second-order valence-electron chi connectivity index (χ2n) is 7.44. The van der Waals surface area contributed by atoms with Crippen molar-refractivity contribution in [3.05, 3.63) is 52.8 Å². The highest BCUT2D eigenvalue weighted by Crippen LogP contribution is 2.35. The second-order valence-corrected chi connectivity index (χ2v) is 8.52. The summed E-state index contributed by atoms with van der Waals surface area (Å²) in [7, 11) is 1.24. The van der Waals surface area contributed by atoms with E-state index in [0.717, 1.165) is 22.0 Å². The van der Waals surface area contributed by atoms with Gasteiger partial charge in [0.25, 0.3) is 5.70 Å². The van der Waals surface area contributed by atoms with Crippen molar-refractivity contribution in [3.63, 3.8) is 0 Å². The number of halogens is 1. The number of esters is 1. The lowest BCUT2D eigenvalue weighted by molar-refractivity contribution is -0.469. The van der Waals surface area contributed by atoms with Gasteiger partial charge in [0.1, 0.15) is 16.8 Å². The van der Waals surface area contributed by atoms with Crippen LogP contribution in [-0.4, -0.2) is 48.0 Å². The van der Waals surface area contributed by atoms with Gasteiger partial charge < -0.3 is 4.74 Å². The number of carbonyl (C=O) groups is 1. The SMILES string of the molecule is COC(=O)c1ccc(-c2ccc(C3=C[N+](=C4CN5CCC4CC5)N=N3)s2)cc1F. The number of nitrogens with zero attached hydrogens (tertiary/aromatic N) is 4. The third-order valence-electron chi connectivity index (χ3n) is 5.75. The van der Waals surface area contributed by atoms with Crippen molar-refractivity contribution in [1.82, 2.24) is 4.90 Å². The van der Waals surface area contributed by atoms with Crippen LogP contribution in [0.4, 0.5) is 4.39 Å². The molecular formula is C21H20FN4O2S+. The fraction of sp³-hybridized carbons (Fsp3) is 0.333. The number of fused-ring (bicyclic) bond motifs is 3. The van der Waals surface area contributed by atoms with E-state index in [1.807, 2.05) is 23.0 Å². The molecule has 0 aliphatic carbocycles. The summed E-state index contributed by atoms with van der Waals surface area (Å²) in [6, 6.07) is 8.46. The monoisotopic (exact) mass is 411 g/mol. The van der Waals surface area contributed by atoms with E-state index in [1.54, 1.807) is 6.07 Å². The predicted molar refractivity (Wildman–Crippen MR) is 108 cm³/mol. The van der Waals surface area contributed by atoms with Crippen LogP contribution in [0.2, 0.25) is 0 Å². The molecule has 1 aromatic heterocycles. The molecule has 4 aliphatic rings. The van der Waals surface area contributed by atoms with E-state index in [1.165, 1.54) is 62.2 Å². The van der Waals surface area contributed by atoms with Gasteiger partial charge in [0, 0.05) is 10.8 Å². The first-order valence-electron chi connectivity index (χ1n) is 9.61. The number of hydrogen-bond donors (Lipinski definition) is 0. The first kappa shape index (κ1) is 18.3. The van der Waals surface area contributed by atoms with Gasteiger partial charge in [0.2, 0.25) is 0 Å². The molecule has 4 aliphatic heterocycles. The molecule has 0 N–H and O–H groups in total. The highest BCUT2D eigenvalue weighted by molar-refractivity contribution is 7.16. The Kier molecular flexibility index (Phi) is 4.60. The Morgan fingerprint density at radius 3 is 2.72 bits per heavy atom. The van der Waals surface area contributed by atoms with Gasteiger partial charge >= 0.3 is 5.97 Å². The van der Waals surface area contributed by atoms with E-state index in [9.17, 15) is 9.18 Å². The molecule has 5 heterocycles. The van der Waals surface area contributed by atoms with Crippen LogP contribution in [-0.2, 0) is 4.74 Å². The molecule has 0 amide bonds. The maximum atomic E-state index is 14.3. The Balaban J connectivity index is 1.41. The van der Waals surface area contributed by atoms with Gasteiger partial charge in [-0.3, -0.25) is 4.90 Å². The quantitative estimate of drug-likeness (QED) is 0.562. The lowest BCUT2D eigenvalue weighted by Crippen LogP contribution is -2.49. The maximum absolute atomic E-state index is 14.3. The van der Waals surface area contributed by atoms with Crippen molar-refractivity contribution in [3.8, 4) is 10.4 Å². The maximum Gasteiger partial charge on any atom is 0.340 e. The zero-order valence-corrected chi connectivity index (χ0v) is 16.8. The van der Waals surface area contributed by atoms with Crippen molar-refractivity contribution in [2.24, 2.45) is 16.3 Å². The van der Waals surface area contributed by atoms with Crippen molar-refractivity contribution in [1.29, 1.82) is 0 Å². The Bertz CT molecular complexity index is 1080. The molecule has 0 radical (unpaired) electrons. The molecule has 2 bridgehead atoms. The first-order chi connectivity index (χ1) is 14.1. The third kappa shape index (κ3) is 3.32. The minimum atomic E-state index is -0.678. The van der Waals surface area contributed by atoms with Crippen molar-refractivity contribution < 1.29 is 18.6 Å². The van der Waals surface area contributed by atoms with Crippen molar-refractivity contribution in [2.45, 2.75) is 12.8 Å². The van der Waals surface area contributed by atoms with Crippen molar-refractivity contribution >= 4 is 28.7 Å². The summed E-state index contributed by atoms with van der Waals surface area (Å²) in [6.07, 6.45) is 4.38. The number of methoxy groups -OCH3 is 1. The Labute approximate surface area is 171 Å². The summed E-state index contributed by atoms with van der Waals surface area (Å²) in [5, 5.41) is 8.74.